The Morgan fingerprint density at radius 3 is 2.78 bits per heavy atom. The Kier molecular flexibility index (Phi) is 5.38. The molecule has 0 amide bonds. The van der Waals surface area contributed by atoms with E-state index in [9.17, 15) is 9.59 Å². The first-order valence-electron chi connectivity index (χ1n) is 4.93. The Morgan fingerprint density at radius 2 is 2.17 bits per heavy atom. The van der Waals surface area contributed by atoms with Gasteiger partial charge in [0.05, 0.1) is 11.6 Å². The number of rotatable bonds is 5. The van der Waals surface area contributed by atoms with Crippen LogP contribution >= 0.6 is 15.9 Å². The van der Waals surface area contributed by atoms with Crippen LogP contribution in [0.2, 0.25) is 0 Å². The molecule has 1 aromatic rings. The molecule has 0 saturated carbocycles. The maximum atomic E-state index is 11.0. The van der Waals surface area contributed by atoms with Crippen LogP contribution in [0.5, 0.6) is 5.75 Å². The molecule has 0 aliphatic rings. The van der Waals surface area contributed by atoms with Crippen molar-refractivity contribution in [3.8, 4) is 5.75 Å². The highest BCUT2D eigenvalue weighted by Crippen LogP contribution is 2.30. The van der Waals surface area contributed by atoms with Crippen molar-refractivity contribution in [2.75, 3.05) is 13.7 Å². The molecule has 0 aromatic heterocycles. The van der Waals surface area contributed by atoms with Crippen molar-refractivity contribution in [2.24, 2.45) is 0 Å². The van der Waals surface area contributed by atoms with Crippen LogP contribution in [0.15, 0.2) is 28.7 Å². The van der Waals surface area contributed by atoms with E-state index in [2.05, 4.69) is 20.7 Å². The first-order chi connectivity index (χ1) is 8.54. The summed E-state index contributed by atoms with van der Waals surface area (Å²) >= 11 is 3.27. The molecule has 0 radical (unpaired) electrons. The van der Waals surface area contributed by atoms with E-state index in [0.717, 1.165) is 6.08 Å². The van der Waals surface area contributed by atoms with Crippen LogP contribution in [0, 0.1) is 0 Å². The summed E-state index contributed by atoms with van der Waals surface area (Å²) in [7, 11) is 1.26. The molecule has 18 heavy (non-hydrogen) atoms. The number of para-hydroxylation sites is 1. The fraction of sp³-hybridized carbons (Fsp3) is 0.167. The summed E-state index contributed by atoms with van der Waals surface area (Å²) in [5, 5.41) is 8.58. The predicted molar refractivity (Wildman–Crippen MR) is 68.3 cm³/mol. The number of methoxy groups -OCH3 is 1. The van der Waals surface area contributed by atoms with Crippen LogP contribution in [0.4, 0.5) is 0 Å². The van der Waals surface area contributed by atoms with Gasteiger partial charge in [0.2, 0.25) is 0 Å². The lowest BCUT2D eigenvalue weighted by Gasteiger charge is -2.09. The minimum absolute atomic E-state index is 0.243. The highest BCUT2D eigenvalue weighted by molar-refractivity contribution is 9.10. The van der Waals surface area contributed by atoms with Crippen LogP contribution in [0.1, 0.15) is 5.56 Å². The lowest BCUT2D eigenvalue weighted by atomic mass is 10.2. The van der Waals surface area contributed by atoms with E-state index in [1.54, 1.807) is 18.2 Å². The molecule has 0 saturated heterocycles. The van der Waals surface area contributed by atoms with Gasteiger partial charge in [-0.2, -0.15) is 0 Å². The molecule has 0 bridgehead atoms. The van der Waals surface area contributed by atoms with Crippen molar-refractivity contribution in [3.05, 3.63) is 34.3 Å². The Labute approximate surface area is 112 Å². The second kappa shape index (κ2) is 6.80. The van der Waals surface area contributed by atoms with Gasteiger partial charge in [-0.15, -0.1) is 0 Å². The Bertz CT molecular complexity index is 481. The Hall–Kier alpha value is -1.82. The minimum Gasteiger partial charge on any atom is -0.480 e. The van der Waals surface area contributed by atoms with Gasteiger partial charge in [-0.05, 0) is 28.1 Å². The zero-order valence-electron chi connectivity index (χ0n) is 9.55. The van der Waals surface area contributed by atoms with Crippen LogP contribution in [0.25, 0.3) is 6.08 Å². The number of carboxylic acid groups (broad SMARTS) is 1. The van der Waals surface area contributed by atoms with Crippen LogP contribution in [-0.4, -0.2) is 30.8 Å². The van der Waals surface area contributed by atoms with Crippen molar-refractivity contribution >= 4 is 33.9 Å². The third-order valence-electron chi connectivity index (χ3n) is 1.96. The molecule has 1 aromatic carbocycles. The Balaban J connectivity index is 2.93. The summed E-state index contributed by atoms with van der Waals surface area (Å²) in [6.07, 6.45) is 2.38. The molecular weight excluding hydrogens is 304 g/mol. The molecule has 1 rings (SSSR count). The molecule has 1 N–H and O–H groups in total. The predicted octanol–water partition coefficient (Wildman–Crippen LogP) is 2.10. The second-order valence-electron chi connectivity index (χ2n) is 3.19. The molecule has 0 aliphatic carbocycles. The van der Waals surface area contributed by atoms with Gasteiger partial charge in [0.1, 0.15) is 5.75 Å². The molecule has 0 aliphatic heterocycles. The van der Waals surface area contributed by atoms with Crippen molar-refractivity contribution in [1.29, 1.82) is 0 Å². The minimum atomic E-state index is -1.06. The largest absolute Gasteiger partial charge is 0.480 e. The lowest BCUT2D eigenvalue weighted by Crippen LogP contribution is -2.13. The van der Waals surface area contributed by atoms with E-state index in [1.165, 1.54) is 13.2 Å². The van der Waals surface area contributed by atoms with Crippen molar-refractivity contribution < 1.29 is 24.2 Å². The van der Waals surface area contributed by atoms with Gasteiger partial charge in [0.15, 0.2) is 6.61 Å². The number of carboxylic acids is 1. The van der Waals surface area contributed by atoms with Crippen LogP contribution in [0.3, 0.4) is 0 Å². The molecule has 0 atom stereocenters. The van der Waals surface area contributed by atoms with Gasteiger partial charge in [0.25, 0.3) is 0 Å². The first-order valence-corrected chi connectivity index (χ1v) is 5.73. The van der Waals surface area contributed by atoms with E-state index in [-0.39, 0.29) is 6.61 Å². The van der Waals surface area contributed by atoms with Crippen molar-refractivity contribution in [2.45, 2.75) is 0 Å². The van der Waals surface area contributed by atoms with Crippen molar-refractivity contribution in [1.82, 2.24) is 0 Å². The molecule has 0 unspecified atom stereocenters. The molecule has 6 heteroatoms. The fourth-order valence-corrected chi connectivity index (χ4v) is 1.66. The van der Waals surface area contributed by atoms with Crippen LogP contribution in [-0.2, 0) is 14.3 Å². The summed E-state index contributed by atoms with van der Waals surface area (Å²) in [5.41, 5.74) is 0.552. The number of ether oxygens (including phenoxy) is 2. The zero-order chi connectivity index (χ0) is 13.5. The first kappa shape index (κ1) is 14.2. The standard InChI is InChI=1S/C12H11BrO5/c1-17-11(16)7-18-12-8(5-6-10(14)15)3-2-4-9(12)13/h2-6H,7H2,1H3,(H,14,15). The molecule has 5 nitrogen and oxygen atoms in total. The van der Waals surface area contributed by atoms with E-state index in [0.29, 0.717) is 15.8 Å². The van der Waals surface area contributed by atoms with Gasteiger partial charge < -0.3 is 14.6 Å². The zero-order valence-corrected chi connectivity index (χ0v) is 11.1. The lowest BCUT2D eigenvalue weighted by molar-refractivity contribution is -0.143. The van der Waals surface area contributed by atoms with Gasteiger partial charge in [-0.25, -0.2) is 9.59 Å². The SMILES string of the molecule is COC(=O)COc1c(Br)cccc1C=CC(=O)O. The normalized spacial score (nSPS) is 10.3. The fourth-order valence-electron chi connectivity index (χ4n) is 1.16. The summed E-state index contributed by atoms with van der Waals surface area (Å²) in [4.78, 5) is 21.5. The van der Waals surface area contributed by atoms with Crippen LogP contribution < -0.4 is 4.74 Å². The number of benzene rings is 1. The summed E-state index contributed by atoms with van der Waals surface area (Å²) < 4.78 is 10.4. The molecule has 96 valence electrons. The highest BCUT2D eigenvalue weighted by Gasteiger charge is 2.09. The number of carbonyl (C=O) groups is 2. The highest BCUT2D eigenvalue weighted by atomic mass is 79.9. The van der Waals surface area contributed by atoms with Gasteiger partial charge >= 0.3 is 11.9 Å². The number of carbonyl (C=O) groups excluding carboxylic acids is 1. The third kappa shape index (κ3) is 4.21. The third-order valence-corrected chi connectivity index (χ3v) is 2.59. The molecule has 0 heterocycles. The maximum Gasteiger partial charge on any atom is 0.343 e. The maximum absolute atomic E-state index is 11.0. The number of aliphatic carboxylic acids is 1. The van der Waals surface area contributed by atoms with Gasteiger partial charge in [0, 0.05) is 11.6 Å². The number of esters is 1. The summed E-state index contributed by atoms with van der Waals surface area (Å²) in [5.74, 6) is -1.19. The van der Waals surface area contributed by atoms with Gasteiger partial charge in [-0.3, -0.25) is 0 Å². The summed E-state index contributed by atoms with van der Waals surface area (Å²) in [6.45, 7) is -0.243. The average molecular weight is 315 g/mol. The average Bonchev–Trinajstić information content (AvgIpc) is 2.34. The van der Waals surface area contributed by atoms with Crippen molar-refractivity contribution in [3.63, 3.8) is 0 Å². The van der Waals surface area contributed by atoms with Gasteiger partial charge in [-0.1, -0.05) is 12.1 Å². The number of halogens is 1. The van der Waals surface area contributed by atoms with E-state index in [1.807, 2.05) is 0 Å². The topological polar surface area (TPSA) is 72.8 Å². The smallest absolute Gasteiger partial charge is 0.343 e. The van der Waals surface area contributed by atoms with E-state index in [4.69, 9.17) is 9.84 Å². The Morgan fingerprint density at radius 1 is 1.44 bits per heavy atom. The van der Waals surface area contributed by atoms with E-state index >= 15 is 0 Å². The number of hydrogen-bond donors (Lipinski definition) is 1. The molecule has 0 spiro atoms. The number of hydrogen-bond acceptors (Lipinski definition) is 4. The second-order valence-corrected chi connectivity index (χ2v) is 4.05. The monoisotopic (exact) mass is 314 g/mol. The molecular formula is C12H11BrO5. The summed E-state index contributed by atoms with van der Waals surface area (Å²) in [6, 6.07) is 5.14. The molecule has 0 fully saturated rings. The quantitative estimate of drug-likeness (QED) is 0.665. The van der Waals surface area contributed by atoms with E-state index < -0.39 is 11.9 Å².